The van der Waals surface area contributed by atoms with Crippen LogP contribution in [0.1, 0.15) is 42.9 Å². The lowest BCUT2D eigenvalue weighted by molar-refractivity contribution is 0.284. The van der Waals surface area contributed by atoms with E-state index in [9.17, 15) is 0 Å². The fourth-order valence-corrected chi connectivity index (χ4v) is 4.92. The van der Waals surface area contributed by atoms with Crippen molar-refractivity contribution in [3.05, 3.63) is 78.1 Å². The van der Waals surface area contributed by atoms with Gasteiger partial charge in [0.25, 0.3) is 0 Å². The average molecular weight is 457 g/mol. The van der Waals surface area contributed by atoms with E-state index in [2.05, 4.69) is 69.2 Å². The molecule has 0 N–H and O–H groups in total. The number of fused-ring (bicyclic) bond motifs is 1. The van der Waals surface area contributed by atoms with Gasteiger partial charge in [-0.1, -0.05) is 23.4 Å². The predicted molar refractivity (Wildman–Crippen MR) is 138 cm³/mol. The van der Waals surface area contributed by atoms with E-state index in [1.807, 2.05) is 30.8 Å². The van der Waals surface area contributed by atoms with Crippen molar-refractivity contribution in [1.82, 2.24) is 24.5 Å². The Labute approximate surface area is 204 Å². The molecule has 6 rings (SSSR count). The molecule has 4 aromatic rings. The van der Waals surface area contributed by atoms with Crippen molar-refractivity contribution in [3.8, 4) is 11.3 Å². The zero-order valence-corrected chi connectivity index (χ0v) is 19.8. The van der Waals surface area contributed by atoms with Crippen LogP contribution in [0.3, 0.4) is 0 Å². The molecule has 1 aliphatic carbocycles. The molecule has 1 fully saturated rings. The van der Waals surface area contributed by atoms with Gasteiger partial charge in [-0.3, -0.25) is 0 Å². The van der Waals surface area contributed by atoms with Crippen LogP contribution in [0.5, 0.6) is 0 Å². The summed E-state index contributed by atoms with van der Waals surface area (Å²) in [4.78, 5) is 7.54. The fourth-order valence-electron chi connectivity index (χ4n) is 4.92. The summed E-state index contributed by atoms with van der Waals surface area (Å²) in [6.45, 7) is 5.64. The zero-order chi connectivity index (χ0) is 23.2. The number of hydrogen-bond donors (Lipinski definition) is 0. The van der Waals surface area contributed by atoms with Gasteiger partial charge < -0.3 is 14.2 Å². The van der Waals surface area contributed by atoms with Gasteiger partial charge in [0, 0.05) is 36.5 Å². The Kier molecular flexibility index (Phi) is 4.98. The smallest absolute Gasteiger partial charge is 0.497 e. The van der Waals surface area contributed by atoms with Crippen LogP contribution in [-0.4, -0.2) is 31.2 Å². The Bertz CT molecular complexity index is 1420. The second kappa shape index (κ2) is 8.17. The molecular formula is C27H32N6O+4. The van der Waals surface area contributed by atoms with Crippen LogP contribution < -0.4 is 4.90 Å². The Hall–Kier alpha value is -3.87. The highest BCUT2D eigenvalue weighted by Gasteiger charge is 2.31. The lowest BCUT2D eigenvalue weighted by Gasteiger charge is -2.28. The minimum absolute atomic E-state index is 0. The van der Waals surface area contributed by atoms with Crippen LogP contribution in [0.25, 0.3) is 22.3 Å². The number of rotatable bonds is 6. The van der Waals surface area contributed by atoms with Crippen LogP contribution in [0.2, 0.25) is 0 Å². The first-order valence-corrected chi connectivity index (χ1v) is 11.9. The first-order valence-electron chi connectivity index (χ1n) is 11.9. The topological polar surface area (TPSA) is 61.0 Å². The van der Waals surface area contributed by atoms with Gasteiger partial charge in [-0.2, -0.15) is 0 Å². The van der Waals surface area contributed by atoms with Crippen molar-refractivity contribution >= 4 is 22.4 Å². The fraction of sp³-hybridized carbons (Fsp3) is 0.296. The second-order valence-electron chi connectivity index (χ2n) is 8.93. The molecule has 0 amide bonds. The predicted octanol–water partition coefficient (Wildman–Crippen LogP) is 6.05. The number of anilines is 2. The van der Waals surface area contributed by atoms with Crippen LogP contribution in [0.4, 0.5) is 11.4 Å². The minimum Gasteiger partial charge on any atom is -0.497 e. The minimum atomic E-state index is 0. The van der Waals surface area contributed by atoms with E-state index in [0.717, 1.165) is 51.6 Å². The number of benzene rings is 2. The number of allylic oxidation sites excluding steroid dienone is 1. The van der Waals surface area contributed by atoms with Crippen LogP contribution in [0.15, 0.2) is 66.6 Å². The van der Waals surface area contributed by atoms with E-state index in [1.54, 1.807) is 6.26 Å². The maximum Gasteiger partial charge on any atom is 1.00 e. The summed E-state index contributed by atoms with van der Waals surface area (Å²) in [5, 5.41) is 8.59. The van der Waals surface area contributed by atoms with Crippen LogP contribution in [0, 0.1) is 6.92 Å². The quantitative estimate of drug-likeness (QED) is 0.353. The van der Waals surface area contributed by atoms with E-state index in [0.29, 0.717) is 12.5 Å². The van der Waals surface area contributed by atoms with Gasteiger partial charge in [0.15, 0.2) is 0 Å². The van der Waals surface area contributed by atoms with Gasteiger partial charge in [-0.15, -0.1) is 5.10 Å². The molecule has 1 saturated carbocycles. The largest absolute Gasteiger partial charge is 1.00 e. The van der Waals surface area contributed by atoms with Gasteiger partial charge in [-0.05, 0) is 63.1 Å². The maximum atomic E-state index is 5.48. The molecule has 0 spiro atoms. The molecule has 7 heteroatoms. The number of hydrogen-bond acceptors (Lipinski definition) is 5. The van der Waals surface area contributed by atoms with E-state index >= 15 is 0 Å². The highest BCUT2D eigenvalue weighted by atomic mass is 16.5. The standard InChI is InChI=1S/C27H28N6O/c1-4-32-23-16-20(26-18(2)29-30-31(26)3)17-24(25(23)28-27(32)19-10-11-19)33(21-8-6-5-7-9-21)22-12-14-34-15-13-22/h5-9,12-14,16-17,19H,4,10-11,15H2,1-3H3/p+4. The third kappa shape index (κ3) is 3.39. The number of nitrogens with zero attached hydrogens (tertiary/aromatic N) is 6. The molecule has 7 nitrogen and oxygen atoms in total. The van der Waals surface area contributed by atoms with E-state index in [1.165, 1.54) is 18.7 Å². The Morgan fingerprint density at radius 1 is 1.18 bits per heavy atom. The summed E-state index contributed by atoms with van der Waals surface area (Å²) in [5.74, 6) is 1.75. The molecule has 1 aliphatic heterocycles. The summed E-state index contributed by atoms with van der Waals surface area (Å²) < 4.78 is 9.72. The molecule has 2 aliphatic rings. The van der Waals surface area contributed by atoms with Gasteiger partial charge in [-0.25, -0.2) is 9.67 Å². The van der Waals surface area contributed by atoms with Gasteiger partial charge >= 0.3 is 5.71 Å². The molecule has 0 saturated heterocycles. The van der Waals surface area contributed by atoms with E-state index in [4.69, 9.17) is 9.72 Å². The molecule has 34 heavy (non-hydrogen) atoms. The lowest BCUT2D eigenvalue weighted by atomic mass is 10.1. The van der Waals surface area contributed by atoms with Gasteiger partial charge in [0.05, 0.1) is 28.9 Å². The van der Waals surface area contributed by atoms with Crippen LogP contribution in [-0.2, 0) is 18.3 Å². The van der Waals surface area contributed by atoms with Gasteiger partial charge in [0.2, 0.25) is 0 Å². The first-order chi connectivity index (χ1) is 16.7. The summed E-state index contributed by atoms with van der Waals surface area (Å²) in [6.07, 6.45) is 8.32. The van der Waals surface area contributed by atoms with E-state index in [-0.39, 0.29) is 5.71 Å². The molecule has 0 unspecified atom stereocenters. The molecule has 2 aromatic heterocycles. The number of aryl methyl sites for hydroxylation is 3. The molecule has 0 atom stereocenters. The first kappa shape index (κ1) is 20.7. The molecular weight excluding hydrogens is 424 g/mol. The molecule has 3 heterocycles. The average Bonchev–Trinajstić information content (AvgIpc) is 3.56. The third-order valence-corrected chi connectivity index (χ3v) is 6.63. The van der Waals surface area contributed by atoms with Crippen LogP contribution >= 0.6 is 0 Å². The number of aromatic nitrogens is 5. The van der Waals surface area contributed by atoms with Gasteiger partial charge in [0.1, 0.15) is 17.9 Å². The highest BCUT2D eigenvalue weighted by Crippen LogP contribution is 2.44. The Balaban J connectivity index is 0.00000127. The molecule has 2 aromatic carbocycles. The highest BCUT2D eigenvalue weighted by molar-refractivity contribution is 5.97. The van der Waals surface area contributed by atoms with Crippen molar-refractivity contribution in [2.75, 3.05) is 11.5 Å². The SMILES string of the molecule is CCn1c(C2CC2)nc2c(N(C3=CCOC=C3)c3ccccc3)cc(-c3c(C)nnn3C)cc21.[H+].[H+].[H+].[H+]. The summed E-state index contributed by atoms with van der Waals surface area (Å²) in [5.41, 5.74) is 8.37. The number of imidazole rings is 1. The van der Waals surface area contributed by atoms with Crippen molar-refractivity contribution in [2.45, 2.75) is 39.2 Å². The summed E-state index contributed by atoms with van der Waals surface area (Å²) >= 11 is 0. The van der Waals surface area contributed by atoms with Crippen molar-refractivity contribution < 1.29 is 10.4 Å². The van der Waals surface area contributed by atoms with Crippen molar-refractivity contribution in [1.29, 1.82) is 0 Å². The maximum absolute atomic E-state index is 5.48. The monoisotopic (exact) mass is 456 g/mol. The lowest BCUT2D eigenvalue weighted by Crippen LogP contribution is -2.18. The molecule has 172 valence electrons. The number of para-hydroxylation sites is 1. The molecule has 0 radical (unpaired) electrons. The Morgan fingerprint density at radius 3 is 2.65 bits per heavy atom. The van der Waals surface area contributed by atoms with Crippen molar-refractivity contribution in [3.63, 3.8) is 0 Å². The summed E-state index contributed by atoms with van der Waals surface area (Å²) in [6, 6.07) is 14.9. The normalized spacial score (nSPS) is 15.4. The third-order valence-electron chi connectivity index (χ3n) is 6.63. The number of ether oxygens (including phenoxy) is 1. The zero-order valence-electron chi connectivity index (χ0n) is 23.8. The van der Waals surface area contributed by atoms with Crippen molar-refractivity contribution in [2.24, 2.45) is 7.05 Å². The summed E-state index contributed by atoms with van der Waals surface area (Å²) in [7, 11) is 1.95. The Morgan fingerprint density at radius 2 is 2.00 bits per heavy atom. The molecule has 0 bridgehead atoms. The second-order valence-corrected chi connectivity index (χ2v) is 8.93. The van der Waals surface area contributed by atoms with E-state index < -0.39 is 0 Å².